The van der Waals surface area contributed by atoms with E-state index in [0.29, 0.717) is 5.75 Å². The van der Waals surface area contributed by atoms with Gasteiger partial charge in [0, 0.05) is 11.0 Å². The van der Waals surface area contributed by atoms with Gasteiger partial charge in [-0.05, 0) is 51.1 Å². The minimum atomic E-state index is 0.113. The molecule has 106 valence electrons. The maximum absolute atomic E-state index is 9.83. The lowest BCUT2D eigenvalue weighted by atomic mass is 9.57. The van der Waals surface area contributed by atoms with Gasteiger partial charge in [0.25, 0.3) is 0 Å². The van der Waals surface area contributed by atoms with Gasteiger partial charge < -0.3 is 10.0 Å². The van der Waals surface area contributed by atoms with Crippen molar-refractivity contribution in [2.75, 3.05) is 14.1 Å². The van der Waals surface area contributed by atoms with Crippen molar-refractivity contribution in [2.24, 2.45) is 0 Å². The Balaban J connectivity index is 2.53. The number of hydrogen-bond donors (Lipinski definition) is 1. The van der Waals surface area contributed by atoms with E-state index < -0.39 is 0 Å². The van der Waals surface area contributed by atoms with Crippen LogP contribution in [-0.2, 0) is 5.41 Å². The van der Waals surface area contributed by atoms with Crippen molar-refractivity contribution in [2.45, 2.75) is 56.9 Å². The Morgan fingerprint density at radius 3 is 2.47 bits per heavy atom. The highest BCUT2D eigenvalue weighted by Gasteiger charge is 2.50. The second-order valence-corrected chi connectivity index (χ2v) is 6.37. The van der Waals surface area contributed by atoms with Gasteiger partial charge in [0.1, 0.15) is 5.75 Å². The van der Waals surface area contributed by atoms with E-state index in [-0.39, 0.29) is 11.0 Å². The predicted molar refractivity (Wildman–Crippen MR) is 80.6 cm³/mol. The monoisotopic (exact) mass is 261 g/mol. The van der Waals surface area contributed by atoms with E-state index in [1.807, 2.05) is 12.1 Å². The molecule has 0 aliphatic heterocycles. The number of hydrogen-bond acceptors (Lipinski definition) is 2. The van der Waals surface area contributed by atoms with E-state index >= 15 is 0 Å². The zero-order valence-electron chi connectivity index (χ0n) is 12.7. The normalized spacial score (nSPS) is 31.6. The fraction of sp³-hybridized carbons (Fsp3) is 0.647. The molecule has 1 N–H and O–H groups in total. The largest absolute Gasteiger partial charge is 0.508 e. The fourth-order valence-corrected chi connectivity index (χ4v) is 4.27. The van der Waals surface area contributed by atoms with E-state index in [9.17, 15) is 5.11 Å². The molecule has 19 heavy (non-hydrogen) atoms. The van der Waals surface area contributed by atoms with Crippen LogP contribution in [0.25, 0.3) is 0 Å². The molecule has 2 nitrogen and oxygen atoms in total. The zero-order valence-corrected chi connectivity index (χ0v) is 12.7. The van der Waals surface area contributed by atoms with Crippen molar-refractivity contribution < 1.29 is 5.11 Å². The van der Waals surface area contributed by atoms with Crippen molar-refractivity contribution in [3.63, 3.8) is 0 Å². The maximum Gasteiger partial charge on any atom is 0.115 e. The van der Waals surface area contributed by atoms with E-state index in [2.05, 4.69) is 38.9 Å². The van der Waals surface area contributed by atoms with Crippen LogP contribution >= 0.6 is 0 Å². The number of aromatic hydroxyl groups is 1. The molecule has 1 aliphatic rings. The number of benzene rings is 1. The van der Waals surface area contributed by atoms with Gasteiger partial charge in [-0.25, -0.2) is 0 Å². The molecule has 1 aromatic rings. The Kier molecular flexibility index (Phi) is 3.91. The molecule has 0 radical (unpaired) electrons. The highest BCUT2D eigenvalue weighted by atomic mass is 16.3. The summed E-state index contributed by atoms with van der Waals surface area (Å²) >= 11 is 0. The second-order valence-electron chi connectivity index (χ2n) is 6.37. The fourth-order valence-electron chi connectivity index (χ4n) is 4.27. The van der Waals surface area contributed by atoms with Gasteiger partial charge >= 0.3 is 0 Å². The molecule has 0 heterocycles. The van der Waals surface area contributed by atoms with Crippen molar-refractivity contribution in [1.82, 2.24) is 4.90 Å². The number of phenols is 1. The lowest BCUT2D eigenvalue weighted by Crippen LogP contribution is -2.60. The lowest BCUT2D eigenvalue weighted by Gasteiger charge is -2.56. The number of nitrogens with zero attached hydrogens (tertiary/aromatic N) is 1. The van der Waals surface area contributed by atoms with Crippen LogP contribution in [0.4, 0.5) is 0 Å². The topological polar surface area (TPSA) is 23.5 Å². The molecule has 2 heteroatoms. The molecular weight excluding hydrogens is 234 g/mol. The summed E-state index contributed by atoms with van der Waals surface area (Å²) in [5.41, 5.74) is 1.59. The predicted octanol–water partition coefficient (Wildman–Crippen LogP) is 3.93. The Bertz CT molecular complexity index is 443. The van der Waals surface area contributed by atoms with Crippen LogP contribution in [0.1, 0.15) is 51.5 Å². The summed E-state index contributed by atoms with van der Waals surface area (Å²) in [6, 6.07) is 7.87. The highest BCUT2D eigenvalue weighted by molar-refractivity contribution is 5.36. The van der Waals surface area contributed by atoms with Crippen LogP contribution in [0, 0.1) is 0 Å². The molecule has 0 amide bonds. The van der Waals surface area contributed by atoms with Crippen molar-refractivity contribution >= 4 is 0 Å². The van der Waals surface area contributed by atoms with Crippen molar-refractivity contribution in [3.8, 4) is 5.75 Å². The third-order valence-corrected chi connectivity index (χ3v) is 5.47. The smallest absolute Gasteiger partial charge is 0.115 e. The summed E-state index contributed by atoms with van der Waals surface area (Å²) in [6.45, 7) is 4.68. The Morgan fingerprint density at radius 1 is 1.21 bits per heavy atom. The molecule has 1 aliphatic carbocycles. The van der Waals surface area contributed by atoms with Crippen LogP contribution in [0.3, 0.4) is 0 Å². The van der Waals surface area contributed by atoms with E-state index in [1.54, 1.807) is 6.07 Å². The quantitative estimate of drug-likeness (QED) is 0.891. The van der Waals surface area contributed by atoms with Crippen LogP contribution in [0.5, 0.6) is 5.75 Å². The summed E-state index contributed by atoms with van der Waals surface area (Å²) in [5, 5.41) is 9.83. The van der Waals surface area contributed by atoms with Crippen LogP contribution in [-0.4, -0.2) is 29.6 Å². The molecule has 2 unspecified atom stereocenters. The van der Waals surface area contributed by atoms with Gasteiger partial charge in [-0.2, -0.15) is 0 Å². The first kappa shape index (κ1) is 14.4. The van der Waals surface area contributed by atoms with Gasteiger partial charge in [-0.15, -0.1) is 0 Å². The molecule has 1 fully saturated rings. The third kappa shape index (κ3) is 2.16. The maximum atomic E-state index is 9.83. The summed E-state index contributed by atoms with van der Waals surface area (Å²) in [7, 11) is 4.41. The minimum absolute atomic E-state index is 0.113. The summed E-state index contributed by atoms with van der Waals surface area (Å²) in [6.07, 6.45) is 6.17. The third-order valence-electron chi connectivity index (χ3n) is 5.47. The molecule has 0 bridgehead atoms. The molecular formula is C17H27NO. The van der Waals surface area contributed by atoms with Gasteiger partial charge in [0.15, 0.2) is 0 Å². The Hall–Kier alpha value is -1.02. The van der Waals surface area contributed by atoms with E-state index in [1.165, 1.54) is 31.2 Å². The molecule has 2 rings (SSSR count). The van der Waals surface area contributed by atoms with Crippen LogP contribution in [0.15, 0.2) is 24.3 Å². The molecule has 0 aromatic heterocycles. The average molecular weight is 261 g/mol. The SMILES string of the molecule is CCC1(N(C)C)CCCCC1(C)c1cccc(O)c1. The summed E-state index contributed by atoms with van der Waals surface area (Å²) in [5.74, 6) is 0.382. The molecule has 1 aromatic carbocycles. The Labute approximate surface area is 117 Å². The molecule has 0 spiro atoms. The van der Waals surface area contributed by atoms with Crippen molar-refractivity contribution in [1.29, 1.82) is 0 Å². The number of phenolic OH excluding ortho intramolecular Hbond substituents is 1. The zero-order chi connectivity index (χ0) is 14.1. The van der Waals surface area contributed by atoms with Crippen molar-refractivity contribution in [3.05, 3.63) is 29.8 Å². The molecule has 0 saturated heterocycles. The number of rotatable bonds is 3. The first-order valence-electron chi connectivity index (χ1n) is 7.43. The van der Waals surface area contributed by atoms with Crippen LogP contribution < -0.4 is 0 Å². The van der Waals surface area contributed by atoms with E-state index in [0.717, 1.165) is 6.42 Å². The van der Waals surface area contributed by atoms with Gasteiger partial charge in [0.2, 0.25) is 0 Å². The van der Waals surface area contributed by atoms with Gasteiger partial charge in [0.05, 0.1) is 0 Å². The molecule has 2 atom stereocenters. The minimum Gasteiger partial charge on any atom is -0.508 e. The first-order chi connectivity index (χ1) is 8.96. The van der Waals surface area contributed by atoms with E-state index in [4.69, 9.17) is 0 Å². The average Bonchev–Trinajstić information content (AvgIpc) is 2.39. The van der Waals surface area contributed by atoms with Gasteiger partial charge in [-0.1, -0.05) is 38.8 Å². The van der Waals surface area contributed by atoms with Gasteiger partial charge in [-0.3, -0.25) is 0 Å². The lowest BCUT2D eigenvalue weighted by molar-refractivity contribution is 0.0147. The standard InChI is InChI=1S/C17H27NO/c1-5-17(18(3)4)12-7-6-11-16(17,2)14-9-8-10-15(19)13-14/h8-10,13,19H,5-7,11-12H2,1-4H3. The summed E-state index contributed by atoms with van der Waals surface area (Å²) in [4.78, 5) is 2.41. The first-order valence-corrected chi connectivity index (χ1v) is 7.43. The second kappa shape index (κ2) is 5.16. The number of likely N-dealkylation sites (N-methyl/N-ethyl adjacent to an activating group) is 1. The summed E-state index contributed by atoms with van der Waals surface area (Å²) < 4.78 is 0. The molecule has 1 saturated carbocycles. The van der Waals surface area contributed by atoms with Crippen LogP contribution in [0.2, 0.25) is 0 Å². The Morgan fingerprint density at radius 2 is 1.89 bits per heavy atom. The highest BCUT2D eigenvalue weighted by Crippen LogP contribution is 2.50.